The van der Waals surface area contributed by atoms with Gasteiger partial charge in [-0.1, -0.05) is 13.8 Å². The first-order valence-electron chi connectivity index (χ1n) is 9.18. The molecule has 6 heteroatoms. The van der Waals surface area contributed by atoms with E-state index in [4.69, 9.17) is 15.2 Å². The molecule has 2 atom stereocenters. The maximum Gasteiger partial charge on any atom is 0.245 e. The van der Waals surface area contributed by atoms with Crippen LogP contribution in [0.25, 0.3) is 0 Å². The molecule has 144 valence electrons. The van der Waals surface area contributed by atoms with Crippen LogP contribution >= 0.6 is 0 Å². The van der Waals surface area contributed by atoms with Gasteiger partial charge in [0, 0.05) is 30.3 Å². The molecule has 0 saturated heterocycles. The van der Waals surface area contributed by atoms with E-state index in [9.17, 15) is 4.79 Å². The van der Waals surface area contributed by atoms with Crippen LogP contribution < -0.4 is 15.8 Å². The second-order valence-corrected chi connectivity index (χ2v) is 7.57. The Kier molecular flexibility index (Phi) is 5.22. The normalized spacial score (nSPS) is 23.4. The summed E-state index contributed by atoms with van der Waals surface area (Å²) in [5.74, 6) is 1.18. The average molecular weight is 369 g/mol. The lowest BCUT2D eigenvalue weighted by Gasteiger charge is -2.57. The van der Waals surface area contributed by atoms with Crippen molar-refractivity contribution >= 4 is 11.6 Å². The third-order valence-corrected chi connectivity index (χ3v) is 5.53. The summed E-state index contributed by atoms with van der Waals surface area (Å²) >= 11 is 0. The van der Waals surface area contributed by atoms with Crippen molar-refractivity contribution in [2.45, 2.75) is 45.8 Å². The van der Waals surface area contributed by atoms with Crippen LogP contribution in [0.1, 0.15) is 32.8 Å². The zero-order valence-electron chi connectivity index (χ0n) is 16.3. The molecule has 1 aliphatic rings. The number of carbonyl (C=O) groups is 1. The fourth-order valence-electron chi connectivity index (χ4n) is 3.44. The topological polar surface area (TPSA) is 86.5 Å². The van der Waals surface area contributed by atoms with Crippen molar-refractivity contribution in [2.24, 2.45) is 11.1 Å². The molecule has 3 rings (SSSR count). The Morgan fingerprint density at radius 1 is 1.37 bits per heavy atom. The second kappa shape index (κ2) is 7.29. The van der Waals surface area contributed by atoms with Crippen LogP contribution in [-0.4, -0.2) is 29.1 Å². The van der Waals surface area contributed by atoms with Gasteiger partial charge in [0.1, 0.15) is 17.0 Å². The third-order valence-electron chi connectivity index (χ3n) is 5.53. The monoisotopic (exact) mass is 369 g/mol. The van der Waals surface area contributed by atoms with E-state index in [0.29, 0.717) is 30.2 Å². The predicted molar refractivity (Wildman–Crippen MR) is 105 cm³/mol. The minimum atomic E-state index is -0.953. The average Bonchev–Trinajstić information content (AvgIpc) is 2.64. The first-order chi connectivity index (χ1) is 12.8. The molecule has 1 aliphatic carbocycles. The lowest BCUT2D eigenvalue weighted by Crippen LogP contribution is -2.74. The Morgan fingerprint density at radius 3 is 2.74 bits per heavy atom. The van der Waals surface area contributed by atoms with Crippen LogP contribution in [0.2, 0.25) is 0 Å². The van der Waals surface area contributed by atoms with Gasteiger partial charge in [0.2, 0.25) is 5.91 Å². The summed E-state index contributed by atoms with van der Waals surface area (Å²) in [4.78, 5) is 16.9. The lowest BCUT2D eigenvalue weighted by molar-refractivity contribution is -0.166. The van der Waals surface area contributed by atoms with E-state index in [-0.39, 0.29) is 12.0 Å². The highest BCUT2D eigenvalue weighted by atomic mass is 16.5. The quantitative estimate of drug-likeness (QED) is 0.812. The molecule has 0 bridgehead atoms. The van der Waals surface area contributed by atoms with E-state index in [1.807, 2.05) is 58.0 Å². The van der Waals surface area contributed by atoms with Crippen molar-refractivity contribution in [3.05, 3.63) is 48.3 Å². The first-order valence-corrected chi connectivity index (χ1v) is 9.18. The number of hydrogen-bond donors (Lipinski definition) is 2. The number of pyridine rings is 1. The molecule has 2 unspecified atom stereocenters. The molecule has 1 fully saturated rings. The summed E-state index contributed by atoms with van der Waals surface area (Å²) in [6.07, 6.45) is 3.86. The molecule has 1 aromatic carbocycles. The lowest BCUT2D eigenvalue weighted by atomic mass is 9.54. The van der Waals surface area contributed by atoms with Gasteiger partial charge in [0.25, 0.3) is 0 Å². The Morgan fingerprint density at radius 2 is 2.15 bits per heavy atom. The van der Waals surface area contributed by atoms with Gasteiger partial charge in [-0.15, -0.1) is 0 Å². The largest absolute Gasteiger partial charge is 0.455 e. The van der Waals surface area contributed by atoms with Gasteiger partial charge in [0.05, 0.1) is 12.3 Å². The van der Waals surface area contributed by atoms with Crippen LogP contribution in [0.4, 0.5) is 5.69 Å². The van der Waals surface area contributed by atoms with Crippen LogP contribution in [-0.2, 0) is 9.53 Å². The summed E-state index contributed by atoms with van der Waals surface area (Å²) < 4.78 is 11.5. The van der Waals surface area contributed by atoms with Crippen molar-refractivity contribution in [1.29, 1.82) is 0 Å². The van der Waals surface area contributed by atoms with E-state index in [0.717, 1.165) is 5.56 Å². The summed E-state index contributed by atoms with van der Waals surface area (Å²) in [5.41, 5.74) is 6.66. The molecular formula is C21H27N3O3. The maximum absolute atomic E-state index is 12.8. The Bertz CT molecular complexity index is 823. The van der Waals surface area contributed by atoms with Gasteiger partial charge in [-0.2, -0.15) is 0 Å². The molecule has 6 nitrogen and oxygen atoms in total. The number of benzene rings is 1. The van der Waals surface area contributed by atoms with E-state index >= 15 is 0 Å². The van der Waals surface area contributed by atoms with Gasteiger partial charge < -0.3 is 20.5 Å². The fraction of sp³-hybridized carbons (Fsp3) is 0.429. The number of nitrogens with one attached hydrogen (secondary N) is 1. The van der Waals surface area contributed by atoms with E-state index in [2.05, 4.69) is 10.3 Å². The number of carbonyl (C=O) groups excluding carboxylic acids is 1. The van der Waals surface area contributed by atoms with Crippen molar-refractivity contribution < 1.29 is 14.3 Å². The smallest absolute Gasteiger partial charge is 0.245 e. The predicted octanol–water partition coefficient (Wildman–Crippen LogP) is 3.65. The van der Waals surface area contributed by atoms with E-state index in [1.54, 1.807) is 12.4 Å². The second-order valence-electron chi connectivity index (χ2n) is 7.57. The molecule has 1 aromatic heterocycles. The molecule has 1 saturated carbocycles. The van der Waals surface area contributed by atoms with Crippen molar-refractivity contribution in [3.8, 4) is 11.5 Å². The number of hydrogen-bond acceptors (Lipinski definition) is 5. The number of ether oxygens (including phenoxy) is 2. The zero-order chi connectivity index (χ0) is 19.7. The van der Waals surface area contributed by atoms with Gasteiger partial charge in [0.15, 0.2) is 0 Å². The van der Waals surface area contributed by atoms with Crippen molar-refractivity contribution in [2.75, 3.05) is 11.9 Å². The summed E-state index contributed by atoms with van der Waals surface area (Å²) in [6, 6.07) is 9.17. The van der Waals surface area contributed by atoms with Crippen molar-refractivity contribution in [3.63, 3.8) is 0 Å². The highest BCUT2D eigenvalue weighted by Crippen LogP contribution is 2.50. The van der Waals surface area contributed by atoms with Crippen LogP contribution in [0.3, 0.4) is 0 Å². The molecule has 0 radical (unpaired) electrons. The van der Waals surface area contributed by atoms with Gasteiger partial charge in [-0.05, 0) is 49.7 Å². The van der Waals surface area contributed by atoms with E-state index < -0.39 is 11.0 Å². The number of nitrogens with zero attached hydrogens (tertiary/aromatic N) is 1. The Labute approximate surface area is 160 Å². The molecule has 0 spiro atoms. The zero-order valence-corrected chi connectivity index (χ0v) is 16.3. The Hall–Kier alpha value is -2.44. The molecule has 1 heterocycles. The Balaban J connectivity index is 1.69. The SMILES string of the molecule is CCOC1CC(N)(C(=O)Nc2ccc(Oc3cccnc3)c(C)c2)C1(C)C. The third kappa shape index (κ3) is 3.55. The van der Waals surface area contributed by atoms with Gasteiger partial charge in [-0.3, -0.25) is 9.78 Å². The van der Waals surface area contributed by atoms with Gasteiger partial charge >= 0.3 is 0 Å². The number of aryl methyl sites for hydroxylation is 1. The molecular weight excluding hydrogens is 342 g/mol. The fourth-order valence-corrected chi connectivity index (χ4v) is 3.44. The summed E-state index contributed by atoms with van der Waals surface area (Å²) in [7, 11) is 0. The van der Waals surface area contributed by atoms with Crippen molar-refractivity contribution in [1.82, 2.24) is 4.98 Å². The number of nitrogens with two attached hydrogens (primary N) is 1. The first kappa shape index (κ1) is 19.3. The highest BCUT2D eigenvalue weighted by Gasteiger charge is 2.62. The van der Waals surface area contributed by atoms with Crippen LogP contribution in [0, 0.1) is 12.3 Å². The maximum atomic E-state index is 12.8. The van der Waals surface area contributed by atoms with E-state index in [1.165, 1.54) is 0 Å². The molecule has 27 heavy (non-hydrogen) atoms. The van der Waals surface area contributed by atoms with Gasteiger partial charge in [-0.25, -0.2) is 0 Å². The molecule has 2 aromatic rings. The minimum Gasteiger partial charge on any atom is -0.455 e. The molecule has 3 N–H and O–H groups in total. The number of aromatic nitrogens is 1. The minimum absolute atomic E-state index is 0.00440. The molecule has 0 aliphatic heterocycles. The number of anilines is 1. The van der Waals surface area contributed by atoms with Crippen LogP contribution in [0.15, 0.2) is 42.7 Å². The summed E-state index contributed by atoms with van der Waals surface area (Å²) in [5, 5.41) is 2.95. The number of amides is 1. The number of rotatable bonds is 6. The molecule has 1 amide bonds. The summed E-state index contributed by atoms with van der Waals surface area (Å²) in [6.45, 7) is 8.45. The van der Waals surface area contributed by atoms with Crippen LogP contribution in [0.5, 0.6) is 11.5 Å². The highest BCUT2D eigenvalue weighted by molar-refractivity contribution is 5.99. The standard InChI is InChI=1S/C21H27N3O3/c1-5-26-18-12-21(22,20(18,3)4)19(25)24-15-8-9-17(14(2)11-15)27-16-7-6-10-23-13-16/h6-11,13,18H,5,12,22H2,1-4H3,(H,24,25).